The Bertz CT molecular complexity index is 1010. The van der Waals surface area contributed by atoms with Crippen molar-refractivity contribution in [2.75, 3.05) is 0 Å². The third-order valence-electron chi connectivity index (χ3n) is 5.14. The van der Waals surface area contributed by atoms with E-state index < -0.39 is 12.0 Å². The Morgan fingerprint density at radius 1 is 1.18 bits per heavy atom. The standard InChI is InChI=1S/C22H24Cl2N2O2/c1-13(2)21(22(27)28)25-11-18-14(3)26(20-7-5-4-6-17(18)20)12-15-8-9-16(23)10-19(15)24/h4-10,13,21,25H,11-12H2,1-3H3,(H,27,28). The lowest BCUT2D eigenvalue weighted by atomic mass is 10.0. The van der Waals surface area contributed by atoms with Crippen molar-refractivity contribution in [1.29, 1.82) is 0 Å². The molecule has 1 unspecified atom stereocenters. The Hall–Kier alpha value is -2.01. The summed E-state index contributed by atoms with van der Waals surface area (Å²) in [5, 5.41) is 15.0. The molecule has 3 rings (SSSR count). The fourth-order valence-electron chi connectivity index (χ4n) is 3.57. The van der Waals surface area contributed by atoms with Crippen molar-refractivity contribution in [1.82, 2.24) is 9.88 Å². The normalized spacial score (nSPS) is 12.6. The number of carbonyl (C=O) groups is 1. The number of aromatic nitrogens is 1. The molecule has 28 heavy (non-hydrogen) atoms. The van der Waals surface area contributed by atoms with E-state index in [1.54, 1.807) is 6.07 Å². The molecule has 6 heteroatoms. The Morgan fingerprint density at radius 3 is 2.54 bits per heavy atom. The van der Waals surface area contributed by atoms with Crippen molar-refractivity contribution in [2.45, 2.75) is 39.9 Å². The smallest absolute Gasteiger partial charge is 0.320 e. The Balaban J connectivity index is 1.98. The molecular weight excluding hydrogens is 395 g/mol. The van der Waals surface area contributed by atoms with Gasteiger partial charge in [0.1, 0.15) is 6.04 Å². The van der Waals surface area contributed by atoms with Gasteiger partial charge >= 0.3 is 5.97 Å². The molecule has 0 radical (unpaired) electrons. The zero-order valence-electron chi connectivity index (χ0n) is 16.2. The number of hydrogen-bond acceptors (Lipinski definition) is 2. The van der Waals surface area contributed by atoms with Gasteiger partial charge in [-0.25, -0.2) is 0 Å². The predicted molar refractivity (Wildman–Crippen MR) is 115 cm³/mol. The minimum Gasteiger partial charge on any atom is -0.480 e. The van der Waals surface area contributed by atoms with Crippen LogP contribution >= 0.6 is 23.2 Å². The number of nitrogens with one attached hydrogen (secondary N) is 1. The first-order valence-electron chi connectivity index (χ1n) is 9.26. The van der Waals surface area contributed by atoms with Gasteiger partial charge in [-0.1, -0.05) is 61.3 Å². The molecule has 1 aromatic heterocycles. The van der Waals surface area contributed by atoms with E-state index in [1.807, 2.05) is 38.1 Å². The van der Waals surface area contributed by atoms with Crippen LogP contribution in [-0.2, 0) is 17.9 Å². The van der Waals surface area contributed by atoms with Crippen LogP contribution in [0.1, 0.15) is 30.7 Å². The van der Waals surface area contributed by atoms with E-state index in [4.69, 9.17) is 23.2 Å². The number of hydrogen-bond donors (Lipinski definition) is 2. The first kappa shape index (κ1) is 20.7. The van der Waals surface area contributed by atoms with E-state index in [-0.39, 0.29) is 5.92 Å². The lowest BCUT2D eigenvalue weighted by Crippen LogP contribution is -2.40. The second-order valence-electron chi connectivity index (χ2n) is 7.34. The van der Waals surface area contributed by atoms with Crippen LogP contribution in [0, 0.1) is 12.8 Å². The molecule has 2 aromatic carbocycles. The van der Waals surface area contributed by atoms with E-state index in [2.05, 4.69) is 28.9 Å². The topological polar surface area (TPSA) is 54.3 Å². The molecule has 0 saturated heterocycles. The molecule has 148 valence electrons. The van der Waals surface area contributed by atoms with E-state index >= 15 is 0 Å². The summed E-state index contributed by atoms with van der Waals surface area (Å²) in [7, 11) is 0. The summed E-state index contributed by atoms with van der Waals surface area (Å²) in [4.78, 5) is 11.5. The largest absolute Gasteiger partial charge is 0.480 e. The maximum absolute atomic E-state index is 11.5. The molecule has 0 bridgehead atoms. The maximum atomic E-state index is 11.5. The quantitative estimate of drug-likeness (QED) is 0.532. The zero-order valence-corrected chi connectivity index (χ0v) is 17.7. The van der Waals surface area contributed by atoms with Gasteiger partial charge in [0.25, 0.3) is 0 Å². The van der Waals surface area contributed by atoms with Crippen molar-refractivity contribution in [3.63, 3.8) is 0 Å². The highest BCUT2D eigenvalue weighted by atomic mass is 35.5. The molecule has 0 aliphatic heterocycles. The summed E-state index contributed by atoms with van der Waals surface area (Å²) < 4.78 is 2.21. The summed E-state index contributed by atoms with van der Waals surface area (Å²) >= 11 is 12.4. The van der Waals surface area contributed by atoms with Gasteiger partial charge in [-0.2, -0.15) is 0 Å². The van der Waals surface area contributed by atoms with Crippen molar-refractivity contribution in [2.24, 2.45) is 5.92 Å². The monoisotopic (exact) mass is 418 g/mol. The number of carboxylic acids is 1. The van der Waals surface area contributed by atoms with Gasteiger partial charge in [0.2, 0.25) is 0 Å². The minimum atomic E-state index is -0.829. The molecule has 1 heterocycles. The summed E-state index contributed by atoms with van der Waals surface area (Å²) in [5.41, 5.74) is 4.28. The number of aliphatic carboxylic acids is 1. The first-order valence-corrected chi connectivity index (χ1v) is 10.0. The maximum Gasteiger partial charge on any atom is 0.320 e. The zero-order chi connectivity index (χ0) is 20.4. The van der Waals surface area contributed by atoms with E-state index in [1.165, 1.54) is 0 Å². The lowest BCUT2D eigenvalue weighted by molar-refractivity contribution is -0.140. The highest BCUT2D eigenvalue weighted by Crippen LogP contribution is 2.29. The first-order chi connectivity index (χ1) is 13.3. The summed E-state index contributed by atoms with van der Waals surface area (Å²) in [6.07, 6.45) is 0. The molecule has 1 atom stereocenters. The molecule has 0 fully saturated rings. The molecule has 3 aromatic rings. The van der Waals surface area contributed by atoms with Crippen molar-refractivity contribution in [3.05, 3.63) is 69.3 Å². The van der Waals surface area contributed by atoms with E-state index in [9.17, 15) is 9.90 Å². The van der Waals surface area contributed by atoms with Crippen LogP contribution in [0.5, 0.6) is 0 Å². The number of nitrogens with zero attached hydrogens (tertiary/aromatic N) is 1. The second-order valence-corrected chi connectivity index (χ2v) is 8.19. The number of carboxylic acid groups (broad SMARTS) is 1. The Labute approximate surface area is 175 Å². The van der Waals surface area contributed by atoms with Crippen LogP contribution in [0.25, 0.3) is 10.9 Å². The third kappa shape index (κ3) is 4.19. The highest BCUT2D eigenvalue weighted by molar-refractivity contribution is 6.35. The number of para-hydroxylation sites is 1. The summed E-state index contributed by atoms with van der Waals surface area (Å²) in [6.45, 7) is 6.98. The van der Waals surface area contributed by atoms with Gasteiger partial charge in [-0.15, -0.1) is 0 Å². The Morgan fingerprint density at radius 2 is 1.89 bits per heavy atom. The highest BCUT2D eigenvalue weighted by Gasteiger charge is 2.22. The molecule has 0 aliphatic rings. The van der Waals surface area contributed by atoms with Crippen LogP contribution in [0.4, 0.5) is 0 Å². The van der Waals surface area contributed by atoms with Crippen molar-refractivity contribution < 1.29 is 9.90 Å². The summed E-state index contributed by atoms with van der Waals surface area (Å²) in [5.74, 6) is -0.830. The van der Waals surface area contributed by atoms with Crippen LogP contribution in [0.15, 0.2) is 42.5 Å². The Kier molecular flexibility index (Phi) is 6.33. The number of fused-ring (bicyclic) bond motifs is 1. The number of halogens is 2. The minimum absolute atomic E-state index is 0.000898. The van der Waals surface area contributed by atoms with Crippen LogP contribution in [-0.4, -0.2) is 21.7 Å². The molecule has 4 nitrogen and oxygen atoms in total. The molecule has 0 amide bonds. The van der Waals surface area contributed by atoms with Gasteiger partial charge in [-0.05, 0) is 42.2 Å². The van der Waals surface area contributed by atoms with Gasteiger partial charge in [0, 0.05) is 39.7 Å². The molecule has 2 N–H and O–H groups in total. The average Bonchev–Trinajstić information content (AvgIpc) is 2.89. The van der Waals surface area contributed by atoms with Crippen molar-refractivity contribution >= 4 is 40.1 Å². The molecule has 0 spiro atoms. The van der Waals surface area contributed by atoms with Gasteiger partial charge < -0.3 is 9.67 Å². The second kappa shape index (κ2) is 8.56. The fourth-order valence-corrected chi connectivity index (χ4v) is 4.04. The van der Waals surface area contributed by atoms with Crippen LogP contribution in [0.2, 0.25) is 10.0 Å². The fraction of sp³-hybridized carbons (Fsp3) is 0.318. The van der Waals surface area contributed by atoms with Crippen molar-refractivity contribution in [3.8, 4) is 0 Å². The van der Waals surface area contributed by atoms with E-state index in [0.717, 1.165) is 27.7 Å². The lowest BCUT2D eigenvalue weighted by Gasteiger charge is -2.18. The van der Waals surface area contributed by atoms with Gasteiger partial charge in [-0.3, -0.25) is 10.1 Å². The van der Waals surface area contributed by atoms with Crippen LogP contribution < -0.4 is 5.32 Å². The SMILES string of the molecule is Cc1c(CNC(C(=O)O)C(C)C)c2ccccc2n1Cc1ccc(Cl)cc1Cl. The number of benzene rings is 2. The third-order valence-corrected chi connectivity index (χ3v) is 5.72. The molecular formula is C22H24Cl2N2O2. The molecule has 0 saturated carbocycles. The van der Waals surface area contributed by atoms with Crippen LogP contribution in [0.3, 0.4) is 0 Å². The molecule has 0 aliphatic carbocycles. The van der Waals surface area contributed by atoms with Gasteiger partial charge in [0.15, 0.2) is 0 Å². The predicted octanol–water partition coefficient (Wildman–Crippen LogP) is 5.50. The summed E-state index contributed by atoms with van der Waals surface area (Å²) in [6, 6.07) is 13.1. The van der Waals surface area contributed by atoms with E-state index in [0.29, 0.717) is 23.1 Å². The van der Waals surface area contributed by atoms with Gasteiger partial charge in [0.05, 0.1) is 0 Å². The number of rotatable bonds is 7. The average molecular weight is 419 g/mol.